The normalized spacial score (nSPS) is 11.0. The molecule has 0 aliphatic heterocycles. The summed E-state index contributed by atoms with van der Waals surface area (Å²) in [6.45, 7) is 6.91. The zero-order valence-electron chi connectivity index (χ0n) is 17.0. The number of aromatic nitrogens is 2. The molecular formula is C21H28N4O3. The Hall–Kier alpha value is -3.01. The highest BCUT2D eigenvalue weighted by molar-refractivity contribution is 5.71. The van der Waals surface area contributed by atoms with E-state index in [0.29, 0.717) is 17.9 Å². The third-order valence-electron chi connectivity index (χ3n) is 4.01. The van der Waals surface area contributed by atoms with Crippen molar-refractivity contribution in [3.05, 3.63) is 36.2 Å². The lowest BCUT2D eigenvalue weighted by molar-refractivity contribution is 0.0527. The van der Waals surface area contributed by atoms with Gasteiger partial charge < -0.3 is 14.8 Å². The molecule has 1 N–H and O–H groups in total. The van der Waals surface area contributed by atoms with Crippen LogP contribution in [0.1, 0.15) is 45.6 Å². The monoisotopic (exact) mass is 384 g/mol. The van der Waals surface area contributed by atoms with Gasteiger partial charge in [0.05, 0.1) is 24.9 Å². The second-order valence-electron chi connectivity index (χ2n) is 7.51. The summed E-state index contributed by atoms with van der Waals surface area (Å²) in [4.78, 5) is 11.6. The fraction of sp³-hybridized carbons (Fsp3) is 0.476. The molecule has 0 fully saturated rings. The third kappa shape index (κ3) is 6.62. The molecule has 150 valence electrons. The van der Waals surface area contributed by atoms with E-state index in [4.69, 9.17) is 14.7 Å². The van der Waals surface area contributed by atoms with Crippen molar-refractivity contribution in [2.45, 2.75) is 52.2 Å². The molecule has 0 saturated carbocycles. The highest BCUT2D eigenvalue weighted by atomic mass is 16.6. The van der Waals surface area contributed by atoms with Gasteiger partial charge in [0.15, 0.2) is 0 Å². The molecule has 1 aromatic heterocycles. The lowest BCUT2D eigenvalue weighted by Crippen LogP contribution is -2.33. The van der Waals surface area contributed by atoms with E-state index in [2.05, 4.69) is 16.5 Å². The quantitative estimate of drug-likeness (QED) is 0.691. The van der Waals surface area contributed by atoms with E-state index >= 15 is 0 Å². The first-order chi connectivity index (χ1) is 13.3. The molecule has 1 aromatic carbocycles. The van der Waals surface area contributed by atoms with E-state index in [9.17, 15) is 4.79 Å². The number of nitrogens with one attached hydrogen (secondary N) is 1. The molecule has 7 nitrogen and oxygen atoms in total. The molecule has 0 bridgehead atoms. The molecule has 0 atom stereocenters. The number of methoxy groups -OCH3 is 1. The Bertz CT molecular complexity index is 831. The molecule has 0 saturated heterocycles. The standard InChI is InChI=1S/C21H28N4O3/c1-21(2,3)28-20(26)23-10-6-5-7-11-25-15-17(14-24-25)18-12-16(13-22)8-9-19(18)27-4/h8-9,12,14-15H,5-7,10-11H2,1-4H3,(H,23,26). The fourth-order valence-corrected chi connectivity index (χ4v) is 2.71. The van der Waals surface area contributed by atoms with Crippen LogP contribution in [0.15, 0.2) is 30.6 Å². The van der Waals surface area contributed by atoms with Gasteiger partial charge in [0.2, 0.25) is 0 Å². The minimum Gasteiger partial charge on any atom is -0.496 e. The number of hydrogen-bond donors (Lipinski definition) is 1. The predicted molar refractivity (Wildman–Crippen MR) is 107 cm³/mol. The number of rotatable bonds is 8. The minimum atomic E-state index is -0.475. The van der Waals surface area contributed by atoms with E-state index in [-0.39, 0.29) is 6.09 Å². The Morgan fingerprint density at radius 3 is 2.75 bits per heavy atom. The van der Waals surface area contributed by atoms with Crippen LogP contribution in [0.3, 0.4) is 0 Å². The van der Waals surface area contributed by atoms with Crippen LogP contribution in [0.2, 0.25) is 0 Å². The van der Waals surface area contributed by atoms with Crippen LogP contribution < -0.4 is 10.1 Å². The molecule has 2 aromatic rings. The van der Waals surface area contributed by atoms with Crippen molar-refractivity contribution >= 4 is 6.09 Å². The maximum atomic E-state index is 11.6. The average Bonchev–Trinajstić information content (AvgIpc) is 3.11. The zero-order valence-corrected chi connectivity index (χ0v) is 17.0. The lowest BCUT2D eigenvalue weighted by atomic mass is 10.1. The lowest BCUT2D eigenvalue weighted by Gasteiger charge is -2.19. The van der Waals surface area contributed by atoms with Crippen LogP contribution in [0.5, 0.6) is 5.75 Å². The summed E-state index contributed by atoms with van der Waals surface area (Å²) in [5, 5.41) is 16.3. The summed E-state index contributed by atoms with van der Waals surface area (Å²) in [5.41, 5.74) is 1.88. The minimum absolute atomic E-state index is 0.377. The second kappa shape index (κ2) is 9.79. The SMILES string of the molecule is COc1ccc(C#N)cc1-c1cnn(CCCCCNC(=O)OC(C)(C)C)c1. The van der Waals surface area contributed by atoms with Crippen LogP contribution in [0.4, 0.5) is 4.79 Å². The number of alkyl carbamates (subject to hydrolysis) is 1. The molecule has 1 heterocycles. The maximum Gasteiger partial charge on any atom is 0.407 e. The number of carbonyl (C=O) groups is 1. The van der Waals surface area contributed by atoms with E-state index in [1.165, 1.54) is 0 Å². The van der Waals surface area contributed by atoms with Crippen molar-refractivity contribution in [2.75, 3.05) is 13.7 Å². The Labute approximate surface area is 166 Å². The number of benzene rings is 1. The number of carbonyl (C=O) groups excluding carboxylic acids is 1. The molecular weight excluding hydrogens is 356 g/mol. The van der Waals surface area contributed by atoms with Gasteiger partial charge in [-0.25, -0.2) is 4.79 Å². The Kier molecular flexibility index (Phi) is 7.44. The van der Waals surface area contributed by atoms with Crippen molar-refractivity contribution in [1.82, 2.24) is 15.1 Å². The molecule has 28 heavy (non-hydrogen) atoms. The van der Waals surface area contributed by atoms with Crippen molar-refractivity contribution in [3.8, 4) is 22.9 Å². The van der Waals surface area contributed by atoms with Crippen molar-refractivity contribution < 1.29 is 14.3 Å². The van der Waals surface area contributed by atoms with E-state index in [0.717, 1.165) is 36.9 Å². The number of unbranched alkanes of at least 4 members (excludes halogenated alkanes) is 2. The van der Waals surface area contributed by atoms with Crippen molar-refractivity contribution in [1.29, 1.82) is 5.26 Å². The number of aryl methyl sites for hydroxylation is 1. The highest BCUT2D eigenvalue weighted by Crippen LogP contribution is 2.30. The first-order valence-electron chi connectivity index (χ1n) is 9.40. The van der Waals surface area contributed by atoms with Crippen LogP contribution in [0, 0.1) is 11.3 Å². The first-order valence-corrected chi connectivity index (χ1v) is 9.40. The van der Waals surface area contributed by atoms with Gasteiger partial charge >= 0.3 is 6.09 Å². The van der Waals surface area contributed by atoms with Gasteiger partial charge in [0.25, 0.3) is 0 Å². The summed E-state index contributed by atoms with van der Waals surface area (Å²) in [6.07, 6.45) is 6.16. The van der Waals surface area contributed by atoms with Crippen molar-refractivity contribution in [3.63, 3.8) is 0 Å². The Morgan fingerprint density at radius 1 is 1.29 bits per heavy atom. The van der Waals surface area contributed by atoms with Gasteiger partial charge in [-0.1, -0.05) is 0 Å². The average molecular weight is 384 g/mol. The van der Waals surface area contributed by atoms with Crippen LogP contribution in [-0.4, -0.2) is 35.1 Å². The fourth-order valence-electron chi connectivity index (χ4n) is 2.71. The van der Waals surface area contributed by atoms with Crippen LogP contribution >= 0.6 is 0 Å². The number of hydrogen-bond acceptors (Lipinski definition) is 5. The van der Waals surface area contributed by atoms with E-state index < -0.39 is 5.60 Å². The largest absolute Gasteiger partial charge is 0.496 e. The summed E-state index contributed by atoms with van der Waals surface area (Å²) < 4.78 is 12.5. The smallest absolute Gasteiger partial charge is 0.407 e. The molecule has 0 unspecified atom stereocenters. The van der Waals surface area contributed by atoms with Crippen LogP contribution in [0.25, 0.3) is 11.1 Å². The molecule has 0 aliphatic rings. The Morgan fingerprint density at radius 2 is 2.07 bits per heavy atom. The summed E-state index contributed by atoms with van der Waals surface area (Å²) >= 11 is 0. The molecule has 0 radical (unpaired) electrons. The predicted octanol–water partition coefficient (Wildman–Crippen LogP) is 4.13. The van der Waals surface area contributed by atoms with Gasteiger partial charge in [-0.05, 0) is 58.2 Å². The van der Waals surface area contributed by atoms with Gasteiger partial charge in [-0.15, -0.1) is 0 Å². The Balaban J connectivity index is 1.78. The first kappa shape index (κ1) is 21.3. The van der Waals surface area contributed by atoms with Gasteiger partial charge in [-0.2, -0.15) is 10.4 Å². The summed E-state index contributed by atoms with van der Waals surface area (Å²) in [5.74, 6) is 0.715. The second-order valence-corrected chi connectivity index (χ2v) is 7.51. The number of nitrogens with zero attached hydrogens (tertiary/aromatic N) is 3. The highest BCUT2D eigenvalue weighted by Gasteiger charge is 2.15. The molecule has 0 spiro atoms. The number of ether oxygens (including phenoxy) is 2. The molecule has 1 amide bonds. The topological polar surface area (TPSA) is 89.2 Å². The third-order valence-corrected chi connectivity index (χ3v) is 4.01. The van der Waals surface area contributed by atoms with Gasteiger partial charge in [0.1, 0.15) is 11.4 Å². The molecule has 0 aliphatic carbocycles. The zero-order chi connectivity index (χ0) is 20.6. The summed E-state index contributed by atoms with van der Waals surface area (Å²) in [7, 11) is 1.61. The maximum absolute atomic E-state index is 11.6. The van der Waals surface area contributed by atoms with Crippen molar-refractivity contribution in [2.24, 2.45) is 0 Å². The van der Waals surface area contributed by atoms with Crippen LogP contribution in [-0.2, 0) is 11.3 Å². The van der Waals surface area contributed by atoms with Gasteiger partial charge in [-0.3, -0.25) is 4.68 Å². The number of nitriles is 1. The van der Waals surface area contributed by atoms with Gasteiger partial charge in [0, 0.05) is 30.4 Å². The number of amides is 1. The van der Waals surface area contributed by atoms with E-state index in [1.54, 1.807) is 25.4 Å². The summed E-state index contributed by atoms with van der Waals surface area (Å²) in [6, 6.07) is 7.48. The van der Waals surface area contributed by atoms with E-state index in [1.807, 2.05) is 37.7 Å². The molecule has 2 rings (SSSR count). The molecule has 7 heteroatoms.